The zero-order chi connectivity index (χ0) is 20.1. The lowest BCUT2D eigenvalue weighted by Crippen LogP contribution is -2.19. The summed E-state index contributed by atoms with van der Waals surface area (Å²) in [5.41, 5.74) is 5.53. The number of carbonyl (C=O) groups excluding carboxylic acids is 1. The topological polar surface area (TPSA) is 83.8 Å². The van der Waals surface area contributed by atoms with Crippen LogP contribution in [-0.4, -0.2) is 28.3 Å². The van der Waals surface area contributed by atoms with E-state index in [0.29, 0.717) is 17.9 Å². The number of nitrogens with zero attached hydrogens (tertiary/aromatic N) is 2. The van der Waals surface area contributed by atoms with Crippen molar-refractivity contribution in [1.29, 1.82) is 0 Å². The summed E-state index contributed by atoms with van der Waals surface area (Å²) in [5, 5.41) is 14.5. The number of rotatable bonds is 6. The van der Waals surface area contributed by atoms with Gasteiger partial charge in [0.25, 0.3) is 5.91 Å². The number of hydrazone groups is 1. The number of hydrogen-bond acceptors (Lipinski definition) is 6. The van der Waals surface area contributed by atoms with Crippen molar-refractivity contribution in [3.8, 4) is 22.1 Å². The highest BCUT2D eigenvalue weighted by molar-refractivity contribution is 7.17. The molecular formula is C21H21N3O3S. The SMILES string of the molecule is CCOc1ccc(C(=O)N/N=C(\C)c2sc(-c3ccc(O)cc3)nc2C)cc1. The predicted octanol–water partition coefficient (Wildman–Crippen LogP) is 4.38. The van der Waals surface area contributed by atoms with Crippen molar-refractivity contribution in [2.75, 3.05) is 6.61 Å². The number of benzene rings is 2. The maximum Gasteiger partial charge on any atom is 0.271 e. The van der Waals surface area contributed by atoms with E-state index in [0.717, 1.165) is 26.9 Å². The summed E-state index contributed by atoms with van der Waals surface area (Å²) >= 11 is 1.49. The van der Waals surface area contributed by atoms with Gasteiger partial charge < -0.3 is 9.84 Å². The van der Waals surface area contributed by atoms with E-state index in [9.17, 15) is 9.90 Å². The Hall–Kier alpha value is -3.19. The predicted molar refractivity (Wildman–Crippen MR) is 111 cm³/mol. The van der Waals surface area contributed by atoms with Gasteiger partial charge >= 0.3 is 0 Å². The van der Waals surface area contributed by atoms with Gasteiger partial charge in [0, 0.05) is 11.1 Å². The van der Waals surface area contributed by atoms with Gasteiger partial charge in [0.15, 0.2) is 0 Å². The lowest BCUT2D eigenvalue weighted by molar-refractivity contribution is 0.0955. The molecule has 0 atom stereocenters. The molecule has 28 heavy (non-hydrogen) atoms. The lowest BCUT2D eigenvalue weighted by atomic mass is 10.2. The van der Waals surface area contributed by atoms with Crippen molar-refractivity contribution in [1.82, 2.24) is 10.4 Å². The number of aryl methyl sites for hydroxylation is 1. The molecule has 2 N–H and O–H groups in total. The fraction of sp³-hybridized carbons (Fsp3) is 0.190. The Kier molecular flexibility index (Phi) is 6.06. The monoisotopic (exact) mass is 395 g/mol. The summed E-state index contributed by atoms with van der Waals surface area (Å²) in [6.07, 6.45) is 0. The molecular weight excluding hydrogens is 374 g/mol. The highest BCUT2D eigenvalue weighted by atomic mass is 32.1. The second-order valence-corrected chi connectivity index (χ2v) is 7.08. The zero-order valence-electron chi connectivity index (χ0n) is 15.9. The smallest absolute Gasteiger partial charge is 0.271 e. The number of thiazole rings is 1. The van der Waals surface area contributed by atoms with Crippen molar-refractivity contribution in [3.63, 3.8) is 0 Å². The van der Waals surface area contributed by atoms with Crippen molar-refractivity contribution < 1.29 is 14.6 Å². The quantitative estimate of drug-likeness (QED) is 0.479. The van der Waals surface area contributed by atoms with E-state index in [1.807, 2.05) is 32.9 Å². The number of nitrogens with one attached hydrogen (secondary N) is 1. The first kappa shape index (κ1) is 19.6. The highest BCUT2D eigenvalue weighted by Gasteiger charge is 2.13. The maximum absolute atomic E-state index is 12.3. The molecule has 0 fully saturated rings. The van der Waals surface area contributed by atoms with Crippen LogP contribution in [0, 0.1) is 6.92 Å². The molecule has 0 unspecified atom stereocenters. The van der Waals surface area contributed by atoms with E-state index in [-0.39, 0.29) is 11.7 Å². The summed E-state index contributed by atoms with van der Waals surface area (Å²) in [6.45, 7) is 6.23. The highest BCUT2D eigenvalue weighted by Crippen LogP contribution is 2.29. The molecule has 1 heterocycles. The van der Waals surface area contributed by atoms with Crippen LogP contribution in [0.3, 0.4) is 0 Å². The molecule has 1 aromatic heterocycles. The van der Waals surface area contributed by atoms with Crippen molar-refractivity contribution in [3.05, 3.63) is 64.7 Å². The minimum atomic E-state index is -0.289. The van der Waals surface area contributed by atoms with Crippen LogP contribution in [0.4, 0.5) is 0 Å². The fourth-order valence-electron chi connectivity index (χ4n) is 2.58. The van der Waals surface area contributed by atoms with Crippen LogP contribution in [0.25, 0.3) is 10.6 Å². The maximum atomic E-state index is 12.3. The average Bonchev–Trinajstić information content (AvgIpc) is 3.09. The number of phenols is 1. The third-order valence-corrected chi connectivity index (χ3v) is 5.31. The van der Waals surface area contributed by atoms with Crippen LogP contribution in [0.15, 0.2) is 53.6 Å². The molecule has 3 aromatic rings. The first-order valence-electron chi connectivity index (χ1n) is 8.82. The Labute approximate surface area is 167 Å². The molecule has 144 valence electrons. The fourth-order valence-corrected chi connectivity index (χ4v) is 3.60. The molecule has 6 nitrogen and oxygen atoms in total. The number of aromatic hydroxyl groups is 1. The lowest BCUT2D eigenvalue weighted by Gasteiger charge is -2.04. The van der Waals surface area contributed by atoms with Crippen molar-refractivity contribution in [2.24, 2.45) is 5.10 Å². The normalized spacial score (nSPS) is 11.3. The van der Waals surface area contributed by atoms with Crippen LogP contribution < -0.4 is 10.2 Å². The summed E-state index contributed by atoms with van der Waals surface area (Å²) in [7, 11) is 0. The van der Waals surface area contributed by atoms with Gasteiger partial charge in [-0.15, -0.1) is 11.3 Å². The van der Waals surface area contributed by atoms with Crippen molar-refractivity contribution in [2.45, 2.75) is 20.8 Å². The average molecular weight is 395 g/mol. The van der Waals surface area contributed by atoms with Gasteiger partial charge in [-0.2, -0.15) is 5.10 Å². The molecule has 1 amide bonds. The molecule has 0 saturated heterocycles. The third kappa shape index (κ3) is 4.55. The van der Waals surface area contributed by atoms with Gasteiger partial charge in [0.2, 0.25) is 0 Å². The summed E-state index contributed by atoms with van der Waals surface area (Å²) in [4.78, 5) is 17.8. The van der Waals surface area contributed by atoms with Gasteiger partial charge in [-0.05, 0) is 69.3 Å². The van der Waals surface area contributed by atoms with Crippen LogP contribution in [0.1, 0.15) is 34.8 Å². The molecule has 3 rings (SSSR count). The summed E-state index contributed by atoms with van der Waals surface area (Å²) in [5.74, 6) is 0.649. The number of carbonyl (C=O) groups is 1. The Balaban J connectivity index is 1.72. The Morgan fingerprint density at radius 3 is 2.50 bits per heavy atom. The molecule has 0 aliphatic carbocycles. The van der Waals surface area contributed by atoms with Crippen LogP contribution >= 0.6 is 11.3 Å². The van der Waals surface area contributed by atoms with Crippen LogP contribution in [0.2, 0.25) is 0 Å². The van der Waals surface area contributed by atoms with Gasteiger partial charge in [-0.1, -0.05) is 0 Å². The number of hydrogen-bond donors (Lipinski definition) is 2. The molecule has 0 spiro atoms. The first-order chi connectivity index (χ1) is 13.5. The second kappa shape index (κ2) is 8.67. The number of ether oxygens (including phenoxy) is 1. The summed E-state index contributed by atoms with van der Waals surface area (Å²) in [6, 6.07) is 13.8. The Bertz CT molecular complexity index is 993. The molecule has 0 bridgehead atoms. The molecule has 0 radical (unpaired) electrons. The Morgan fingerprint density at radius 2 is 1.86 bits per heavy atom. The number of phenolic OH excluding ortho intramolecular Hbond substituents is 1. The largest absolute Gasteiger partial charge is 0.508 e. The van der Waals surface area contributed by atoms with E-state index < -0.39 is 0 Å². The minimum Gasteiger partial charge on any atom is -0.508 e. The molecule has 0 saturated carbocycles. The number of aromatic nitrogens is 1. The zero-order valence-corrected chi connectivity index (χ0v) is 16.7. The van der Waals surface area contributed by atoms with Crippen LogP contribution in [-0.2, 0) is 0 Å². The molecule has 0 aliphatic rings. The third-order valence-electron chi connectivity index (χ3n) is 3.99. The Morgan fingerprint density at radius 1 is 1.18 bits per heavy atom. The molecule has 0 aliphatic heterocycles. The molecule has 7 heteroatoms. The van der Waals surface area contributed by atoms with Gasteiger partial charge in [-0.25, -0.2) is 10.4 Å². The van der Waals surface area contributed by atoms with Gasteiger partial charge in [0.1, 0.15) is 16.5 Å². The molecule has 2 aromatic carbocycles. The standard InChI is InChI=1S/C21H21N3O3S/c1-4-27-18-11-7-15(8-12-18)20(26)24-23-14(3)19-13(2)22-21(28-19)16-5-9-17(25)10-6-16/h5-12,25H,4H2,1-3H3,(H,24,26)/b23-14+. The van der Waals surface area contributed by atoms with Crippen LogP contribution in [0.5, 0.6) is 11.5 Å². The number of amides is 1. The first-order valence-corrected chi connectivity index (χ1v) is 9.64. The van der Waals surface area contributed by atoms with Crippen molar-refractivity contribution >= 4 is 23.0 Å². The minimum absolute atomic E-state index is 0.215. The van der Waals surface area contributed by atoms with Gasteiger partial charge in [0.05, 0.1) is 22.9 Å². The van der Waals surface area contributed by atoms with E-state index in [1.54, 1.807) is 36.4 Å². The van der Waals surface area contributed by atoms with E-state index in [1.165, 1.54) is 11.3 Å². The van der Waals surface area contributed by atoms with Gasteiger partial charge in [-0.3, -0.25) is 4.79 Å². The summed E-state index contributed by atoms with van der Waals surface area (Å²) < 4.78 is 5.38. The second-order valence-electron chi connectivity index (χ2n) is 6.08. The van der Waals surface area contributed by atoms with E-state index in [2.05, 4.69) is 15.5 Å². The van der Waals surface area contributed by atoms with E-state index in [4.69, 9.17) is 4.74 Å². The van der Waals surface area contributed by atoms with E-state index >= 15 is 0 Å².